The van der Waals surface area contributed by atoms with E-state index in [2.05, 4.69) is 51.2 Å². The smallest absolute Gasteiger partial charge is 0.160 e. The van der Waals surface area contributed by atoms with Crippen LogP contribution in [0.15, 0.2) is 16.7 Å². The molecule has 0 aliphatic carbocycles. The summed E-state index contributed by atoms with van der Waals surface area (Å²) in [4.78, 5) is 9.20. The fraction of sp³-hybridized carbons (Fsp3) is 0.571. The van der Waals surface area contributed by atoms with Crippen LogP contribution in [0.4, 0.5) is 0 Å². The van der Waals surface area contributed by atoms with Crippen molar-refractivity contribution in [2.24, 2.45) is 5.92 Å². The number of aryl methyl sites for hydroxylation is 1. The highest BCUT2D eigenvalue weighted by Crippen LogP contribution is 2.26. The van der Waals surface area contributed by atoms with Crippen molar-refractivity contribution in [2.75, 3.05) is 5.88 Å². The number of aromatic nitrogens is 3. The summed E-state index contributed by atoms with van der Waals surface area (Å²) in [5.41, 5.74) is 1.89. The summed E-state index contributed by atoms with van der Waals surface area (Å²) in [6.45, 7) is 6.70. The summed E-state index contributed by atoms with van der Waals surface area (Å²) in [6, 6.07) is 2.40. The summed E-state index contributed by atoms with van der Waals surface area (Å²) in [5, 5.41) is 0. The molecule has 2 heterocycles. The van der Waals surface area contributed by atoms with Gasteiger partial charge in [0.25, 0.3) is 0 Å². The van der Waals surface area contributed by atoms with Crippen LogP contribution < -0.4 is 0 Å². The van der Waals surface area contributed by atoms with Gasteiger partial charge in [0.1, 0.15) is 11.3 Å². The van der Waals surface area contributed by atoms with E-state index in [0.29, 0.717) is 17.8 Å². The van der Waals surface area contributed by atoms with Crippen molar-refractivity contribution < 1.29 is 0 Å². The van der Waals surface area contributed by atoms with Gasteiger partial charge in [-0.3, -0.25) is 0 Å². The molecule has 0 fully saturated rings. The predicted molar refractivity (Wildman–Crippen MR) is 83.8 cm³/mol. The van der Waals surface area contributed by atoms with E-state index in [-0.39, 0.29) is 0 Å². The zero-order valence-corrected chi connectivity index (χ0v) is 13.9. The van der Waals surface area contributed by atoms with Gasteiger partial charge in [0.05, 0.1) is 0 Å². The molecule has 0 spiro atoms. The summed E-state index contributed by atoms with van der Waals surface area (Å²) in [7, 11) is 0. The van der Waals surface area contributed by atoms with Crippen LogP contribution in [0.5, 0.6) is 0 Å². The molecule has 0 amide bonds. The third-order valence-electron chi connectivity index (χ3n) is 3.14. The third-order valence-corrected chi connectivity index (χ3v) is 3.76. The lowest BCUT2D eigenvalue weighted by molar-refractivity contribution is 0.425. The minimum atomic E-state index is 0.386. The molecule has 0 aliphatic rings. The standard InChI is InChI=1S/C14H19BrClN3/c1-9(2)6-10(3)19-13(4-5-16)18-12-7-11(15)8-17-14(12)19/h7-10H,4-6H2,1-3H3. The number of halogens is 2. The number of imidazole rings is 1. The van der Waals surface area contributed by atoms with Crippen LogP contribution in [-0.2, 0) is 6.42 Å². The van der Waals surface area contributed by atoms with E-state index in [1.165, 1.54) is 0 Å². The van der Waals surface area contributed by atoms with Gasteiger partial charge in [0.2, 0.25) is 0 Å². The molecule has 0 aliphatic heterocycles. The summed E-state index contributed by atoms with van der Waals surface area (Å²) in [5.74, 6) is 2.26. The molecule has 0 N–H and O–H groups in total. The second-order valence-electron chi connectivity index (χ2n) is 5.31. The minimum Gasteiger partial charge on any atom is -0.310 e. The monoisotopic (exact) mass is 343 g/mol. The van der Waals surface area contributed by atoms with E-state index in [1.807, 2.05) is 12.3 Å². The van der Waals surface area contributed by atoms with Gasteiger partial charge in [-0.05, 0) is 41.3 Å². The fourth-order valence-electron chi connectivity index (χ4n) is 2.52. The first kappa shape index (κ1) is 14.8. The normalized spacial score (nSPS) is 13.4. The van der Waals surface area contributed by atoms with Crippen LogP contribution >= 0.6 is 27.5 Å². The maximum atomic E-state index is 5.89. The highest BCUT2D eigenvalue weighted by atomic mass is 79.9. The maximum absolute atomic E-state index is 5.89. The lowest BCUT2D eigenvalue weighted by atomic mass is 10.0. The molecule has 19 heavy (non-hydrogen) atoms. The molecule has 0 bridgehead atoms. The van der Waals surface area contributed by atoms with E-state index >= 15 is 0 Å². The van der Waals surface area contributed by atoms with Crippen molar-refractivity contribution in [2.45, 2.75) is 39.7 Å². The highest BCUT2D eigenvalue weighted by Gasteiger charge is 2.17. The summed E-state index contributed by atoms with van der Waals surface area (Å²) >= 11 is 9.34. The zero-order chi connectivity index (χ0) is 14.0. The SMILES string of the molecule is CC(C)CC(C)n1c(CCCl)nc2cc(Br)cnc21. The molecule has 1 atom stereocenters. The van der Waals surface area contributed by atoms with Crippen molar-refractivity contribution in [1.29, 1.82) is 0 Å². The van der Waals surface area contributed by atoms with E-state index in [1.54, 1.807) is 0 Å². The molecule has 3 nitrogen and oxygen atoms in total. The van der Waals surface area contributed by atoms with Crippen molar-refractivity contribution in [3.05, 3.63) is 22.6 Å². The first-order valence-electron chi connectivity index (χ1n) is 6.61. The Hall–Kier alpha value is -0.610. The average molecular weight is 345 g/mol. The molecular formula is C14H19BrClN3. The Labute approximate surface area is 127 Å². The Bertz CT molecular complexity index is 565. The predicted octanol–water partition coefficient (Wildman–Crippen LogP) is 4.58. The van der Waals surface area contributed by atoms with Crippen LogP contribution in [0, 0.1) is 5.92 Å². The van der Waals surface area contributed by atoms with Crippen molar-refractivity contribution >= 4 is 38.7 Å². The molecule has 0 aromatic carbocycles. The molecule has 5 heteroatoms. The number of hydrogen-bond acceptors (Lipinski definition) is 2. The Balaban J connectivity index is 2.51. The van der Waals surface area contributed by atoms with Crippen LogP contribution in [0.2, 0.25) is 0 Å². The topological polar surface area (TPSA) is 30.7 Å². The van der Waals surface area contributed by atoms with Crippen molar-refractivity contribution in [3.63, 3.8) is 0 Å². The lowest BCUT2D eigenvalue weighted by Gasteiger charge is -2.18. The zero-order valence-electron chi connectivity index (χ0n) is 11.5. The third kappa shape index (κ3) is 3.29. The van der Waals surface area contributed by atoms with E-state index in [9.17, 15) is 0 Å². The number of pyridine rings is 1. The van der Waals surface area contributed by atoms with E-state index in [4.69, 9.17) is 11.6 Å². The van der Waals surface area contributed by atoms with Gasteiger partial charge in [0.15, 0.2) is 5.65 Å². The van der Waals surface area contributed by atoms with Gasteiger partial charge in [-0.1, -0.05) is 13.8 Å². The summed E-state index contributed by atoms with van der Waals surface area (Å²) in [6.07, 6.45) is 3.71. The molecule has 0 saturated carbocycles. The molecular weight excluding hydrogens is 326 g/mol. The van der Waals surface area contributed by atoms with Crippen molar-refractivity contribution in [1.82, 2.24) is 14.5 Å². The van der Waals surface area contributed by atoms with Gasteiger partial charge in [-0.15, -0.1) is 11.6 Å². The lowest BCUT2D eigenvalue weighted by Crippen LogP contribution is -2.12. The molecule has 2 rings (SSSR count). The second-order valence-corrected chi connectivity index (χ2v) is 6.61. The molecule has 104 valence electrons. The van der Waals surface area contributed by atoms with Gasteiger partial charge in [-0.2, -0.15) is 0 Å². The molecule has 2 aromatic heterocycles. The Kier molecular flexibility index (Phi) is 4.85. The van der Waals surface area contributed by atoms with Crippen LogP contribution in [0.1, 0.15) is 39.1 Å². The van der Waals surface area contributed by atoms with Gasteiger partial charge in [0, 0.05) is 29.0 Å². The van der Waals surface area contributed by atoms with Gasteiger partial charge >= 0.3 is 0 Å². The van der Waals surface area contributed by atoms with Crippen molar-refractivity contribution in [3.8, 4) is 0 Å². The summed E-state index contributed by atoms with van der Waals surface area (Å²) < 4.78 is 3.20. The minimum absolute atomic E-state index is 0.386. The number of fused-ring (bicyclic) bond motifs is 1. The largest absolute Gasteiger partial charge is 0.310 e. The number of rotatable bonds is 5. The quantitative estimate of drug-likeness (QED) is 0.743. The van der Waals surface area contributed by atoms with E-state index < -0.39 is 0 Å². The molecule has 2 aromatic rings. The molecule has 0 radical (unpaired) electrons. The molecule has 0 saturated heterocycles. The van der Waals surface area contributed by atoms with Crippen LogP contribution in [0.3, 0.4) is 0 Å². The Morgan fingerprint density at radius 3 is 2.74 bits per heavy atom. The average Bonchev–Trinajstić information content (AvgIpc) is 2.65. The molecule has 1 unspecified atom stereocenters. The number of hydrogen-bond donors (Lipinski definition) is 0. The maximum Gasteiger partial charge on any atom is 0.160 e. The van der Waals surface area contributed by atoms with E-state index in [0.717, 1.165) is 34.3 Å². The van der Waals surface area contributed by atoms with Crippen LogP contribution in [0.25, 0.3) is 11.2 Å². The first-order valence-corrected chi connectivity index (χ1v) is 7.94. The number of nitrogens with zero attached hydrogens (tertiary/aromatic N) is 3. The second kappa shape index (κ2) is 6.23. The number of alkyl halides is 1. The van der Waals surface area contributed by atoms with Gasteiger partial charge < -0.3 is 4.57 Å². The highest BCUT2D eigenvalue weighted by molar-refractivity contribution is 9.10. The fourth-order valence-corrected chi connectivity index (χ4v) is 3.00. The Morgan fingerprint density at radius 2 is 2.11 bits per heavy atom. The first-order chi connectivity index (χ1) is 9.02. The van der Waals surface area contributed by atoms with Gasteiger partial charge in [-0.25, -0.2) is 9.97 Å². The Morgan fingerprint density at radius 1 is 1.37 bits per heavy atom. The van der Waals surface area contributed by atoms with Crippen LogP contribution in [-0.4, -0.2) is 20.4 Å².